The minimum Gasteiger partial charge on any atom is -0.497 e. The standard InChI is InChI=1S/C9H9BrO/c1-3-7-4-5-8(11-2)6-9(7)10/h3-6H,1H2,2H3. The molecule has 2 heteroatoms. The van der Waals surface area contributed by atoms with Gasteiger partial charge in [0.2, 0.25) is 0 Å². The second-order valence-corrected chi connectivity index (χ2v) is 2.95. The van der Waals surface area contributed by atoms with Crippen molar-refractivity contribution in [2.24, 2.45) is 0 Å². The van der Waals surface area contributed by atoms with E-state index < -0.39 is 0 Å². The number of rotatable bonds is 2. The fourth-order valence-corrected chi connectivity index (χ4v) is 1.32. The van der Waals surface area contributed by atoms with Gasteiger partial charge in [-0.2, -0.15) is 0 Å². The van der Waals surface area contributed by atoms with Crippen LogP contribution in [-0.4, -0.2) is 7.11 Å². The third-order valence-electron chi connectivity index (χ3n) is 1.43. The molecule has 0 heterocycles. The van der Waals surface area contributed by atoms with Gasteiger partial charge in [-0.1, -0.05) is 34.7 Å². The van der Waals surface area contributed by atoms with Crippen LogP contribution in [0.25, 0.3) is 6.08 Å². The Hall–Kier alpha value is -0.760. The Balaban J connectivity index is 3.09. The molecule has 1 rings (SSSR count). The average Bonchev–Trinajstić information content (AvgIpc) is 2.04. The van der Waals surface area contributed by atoms with Gasteiger partial charge >= 0.3 is 0 Å². The van der Waals surface area contributed by atoms with Crippen molar-refractivity contribution >= 4 is 22.0 Å². The lowest BCUT2D eigenvalue weighted by Gasteiger charge is -2.01. The summed E-state index contributed by atoms with van der Waals surface area (Å²) in [6.07, 6.45) is 1.80. The first-order chi connectivity index (χ1) is 5.27. The molecule has 0 bridgehead atoms. The van der Waals surface area contributed by atoms with Crippen LogP contribution in [0.2, 0.25) is 0 Å². The second-order valence-electron chi connectivity index (χ2n) is 2.09. The van der Waals surface area contributed by atoms with Crippen LogP contribution < -0.4 is 4.74 Å². The van der Waals surface area contributed by atoms with Crippen LogP contribution in [0, 0.1) is 0 Å². The molecular weight excluding hydrogens is 204 g/mol. The molecule has 0 N–H and O–H groups in total. The minimum absolute atomic E-state index is 0.850. The van der Waals surface area contributed by atoms with Crippen molar-refractivity contribution in [3.63, 3.8) is 0 Å². The van der Waals surface area contributed by atoms with E-state index in [4.69, 9.17) is 4.74 Å². The van der Waals surface area contributed by atoms with E-state index in [2.05, 4.69) is 22.5 Å². The average molecular weight is 213 g/mol. The molecule has 1 aromatic rings. The van der Waals surface area contributed by atoms with Gasteiger partial charge < -0.3 is 4.74 Å². The van der Waals surface area contributed by atoms with E-state index in [0.29, 0.717) is 0 Å². The second kappa shape index (κ2) is 3.58. The van der Waals surface area contributed by atoms with Crippen molar-refractivity contribution < 1.29 is 4.74 Å². The predicted molar refractivity (Wildman–Crippen MR) is 50.8 cm³/mol. The van der Waals surface area contributed by atoms with Gasteiger partial charge in [0.25, 0.3) is 0 Å². The lowest BCUT2D eigenvalue weighted by atomic mass is 10.2. The summed E-state index contributed by atoms with van der Waals surface area (Å²) in [4.78, 5) is 0. The molecule has 0 unspecified atom stereocenters. The molecule has 0 radical (unpaired) electrons. The van der Waals surface area contributed by atoms with Gasteiger partial charge in [0.15, 0.2) is 0 Å². The Bertz CT molecular complexity index is 268. The van der Waals surface area contributed by atoms with Crippen LogP contribution in [0.5, 0.6) is 5.75 Å². The van der Waals surface area contributed by atoms with Crippen LogP contribution in [0.3, 0.4) is 0 Å². The molecule has 1 aromatic carbocycles. The first kappa shape index (κ1) is 8.34. The van der Waals surface area contributed by atoms with E-state index in [1.165, 1.54) is 0 Å². The molecule has 0 saturated heterocycles. The van der Waals surface area contributed by atoms with Gasteiger partial charge in [-0.3, -0.25) is 0 Å². The van der Waals surface area contributed by atoms with Gasteiger partial charge in [0, 0.05) is 4.47 Å². The van der Waals surface area contributed by atoms with Crippen molar-refractivity contribution in [1.29, 1.82) is 0 Å². The maximum atomic E-state index is 5.03. The maximum absolute atomic E-state index is 5.03. The highest BCUT2D eigenvalue weighted by molar-refractivity contribution is 9.10. The smallest absolute Gasteiger partial charge is 0.120 e. The molecule has 58 valence electrons. The molecule has 0 aliphatic carbocycles. The molecule has 0 spiro atoms. The van der Waals surface area contributed by atoms with Crippen LogP contribution in [0.4, 0.5) is 0 Å². The van der Waals surface area contributed by atoms with E-state index >= 15 is 0 Å². The fraction of sp³-hybridized carbons (Fsp3) is 0.111. The Morgan fingerprint density at radius 1 is 1.55 bits per heavy atom. The summed E-state index contributed by atoms with van der Waals surface area (Å²) in [5, 5.41) is 0. The molecule has 0 atom stereocenters. The Labute approximate surface area is 74.8 Å². The molecular formula is C9H9BrO. The van der Waals surface area contributed by atoms with Gasteiger partial charge in [-0.25, -0.2) is 0 Å². The zero-order valence-corrected chi connectivity index (χ0v) is 7.89. The number of ether oxygens (including phenoxy) is 1. The molecule has 0 aliphatic rings. The lowest BCUT2D eigenvalue weighted by Crippen LogP contribution is -1.83. The number of hydrogen-bond acceptors (Lipinski definition) is 1. The molecule has 0 saturated carbocycles. The van der Waals surface area contributed by atoms with Gasteiger partial charge in [0.05, 0.1) is 7.11 Å². The third kappa shape index (κ3) is 1.84. The number of benzene rings is 1. The summed E-state index contributed by atoms with van der Waals surface area (Å²) >= 11 is 3.40. The molecule has 11 heavy (non-hydrogen) atoms. The molecule has 0 fully saturated rings. The quantitative estimate of drug-likeness (QED) is 0.733. The van der Waals surface area contributed by atoms with Crippen LogP contribution >= 0.6 is 15.9 Å². The first-order valence-electron chi connectivity index (χ1n) is 3.24. The van der Waals surface area contributed by atoms with Gasteiger partial charge in [-0.05, 0) is 17.7 Å². The topological polar surface area (TPSA) is 9.23 Å². The predicted octanol–water partition coefficient (Wildman–Crippen LogP) is 3.10. The molecule has 0 amide bonds. The summed E-state index contributed by atoms with van der Waals surface area (Å²) < 4.78 is 6.04. The highest BCUT2D eigenvalue weighted by atomic mass is 79.9. The van der Waals surface area contributed by atoms with Crippen molar-refractivity contribution in [3.05, 3.63) is 34.8 Å². The van der Waals surface area contributed by atoms with Crippen molar-refractivity contribution in [2.75, 3.05) is 7.11 Å². The minimum atomic E-state index is 0.850. The summed E-state index contributed by atoms with van der Waals surface area (Å²) in [6.45, 7) is 3.68. The zero-order chi connectivity index (χ0) is 8.27. The maximum Gasteiger partial charge on any atom is 0.120 e. The van der Waals surface area contributed by atoms with E-state index in [-0.39, 0.29) is 0 Å². The van der Waals surface area contributed by atoms with E-state index in [0.717, 1.165) is 15.8 Å². The number of halogens is 1. The van der Waals surface area contributed by atoms with Crippen LogP contribution in [-0.2, 0) is 0 Å². The van der Waals surface area contributed by atoms with E-state index in [9.17, 15) is 0 Å². The molecule has 0 aromatic heterocycles. The van der Waals surface area contributed by atoms with Crippen LogP contribution in [0.15, 0.2) is 29.3 Å². The fourth-order valence-electron chi connectivity index (χ4n) is 0.800. The zero-order valence-electron chi connectivity index (χ0n) is 6.30. The largest absolute Gasteiger partial charge is 0.497 e. The highest BCUT2D eigenvalue weighted by Crippen LogP contribution is 2.23. The molecule has 0 aliphatic heterocycles. The third-order valence-corrected chi connectivity index (χ3v) is 2.11. The highest BCUT2D eigenvalue weighted by Gasteiger charge is 1.96. The summed E-state index contributed by atoms with van der Waals surface area (Å²) in [6, 6.07) is 5.77. The van der Waals surface area contributed by atoms with Crippen molar-refractivity contribution in [1.82, 2.24) is 0 Å². The first-order valence-corrected chi connectivity index (χ1v) is 4.03. The normalized spacial score (nSPS) is 9.27. The Morgan fingerprint density at radius 2 is 2.27 bits per heavy atom. The van der Waals surface area contributed by atoms with Gasteiger partial charge in [0.1, 0.15) is 5.75 Å². The SMILES string of the molecule is C=Cc1ccc(OC)cc1Br. The van der Waals surface area contributed by atoms with E-state index in [1.807, 2.05) is 18.2 Å². The molecule has 1 nitrogen and oxygen atoms in total. The van der Waals surface area contributed by atoms with Gasteiger partial charge in [-0.15, -0.1) is 0 Å². The van der Waals surface area contributed by atoms with Crippen LogP contribution in [0.1, 0.15) is 5.56 Å². The monoisotopic (exact) mass is 212 g/mol. The number of methoxy groups -OCH3 is 1. The van der Waals surface area contributed by atoms with E-state index in [1.54, 1.807) is 13.2 Å². The van der Waals surface area contributed by atoms with Crippen molar-refractivity contribution in [3.8, 4) is 5.75 Å². The summed E-state index contributed by atoms with van der Waals surface area (Å²) in [5.41, 5.74) is 1.07. The van der Waals surface area contributed by atoms with Crippen molar-refractivity contribution in [2.45, 2.75) is 0 Å². The Kier molecular flexibility index (Phi) is 2.71. The Morgan fingerprint density at radius 3 is 2.73 bits per heavy atom. The summed E-state index contributed by atoms with van der Waals surface area (Å²) in [5.74, 6) is 0.850. The number of hydrogen-bond donors (Lipinski definition) is 0. The lowest BCUT2D eigenvalue weighted by molar-refractivity contribution is 0.414. The summed E-state index contributed by atoms with van der Waals surface area (Å²) in [7, 11) is 1.65.